The average molecular weight is 284 g/mol. The lowest BCUT2D eigenvalue weighted by atomic mass is 10.2. The third kappa shape index (κ3) is 2.15. The Labute approximate surface area is 121 Å². The molecular weight excluding hydrogens is 268 g/mol. The van der Waals surface area contributed by atoms with Gasteiger partial charge in [-0.25, -0.2) is 0 Å². The molecule has 0 fully saturated rings. The second-order valence-corrected chi connectivity index (χ2v) is 6.99. The summed E-state index contributed by atoms with van der Waals surface area (Å²) in [6.45, 7) is 6.42. The first-order valence-corrected chi connectivity index (χ1v) is 8.05. The zero-order chi connectivity index (χ0) is 13.4. The lowest BCUT2D eigenvalue weighted by Crippen LogP contribution is -1.68. The molecule has 0 N–H and O–H groups in total. The molecule has 0 aliphatic heterocycles. The highest BCUT2D eigenvalue weighted by atomic mass is 32.1. The highest BCUT2D eigenvalue weighted by Crippen LogP contribution is 2.43. The quantitative estimate of drug-likeness (QED) is 0.483. The smallest absolute Gasteiger partial charge is 0.0538 e. The number of aryl methyl sites for hydroxylation is 2. The van der Waals surface area contributed by atoms with Gasteiger partial charge in [-0.05, 0) is 32.4 Å². The fraction of sp³-hybridized carbons (Fsp3) is 0.176. The van der Waals surface area contributed by atoms with Gasteiger partial charge in [0.2, 0.25) is 0 Å². The van der Waals surface area contributed by atoms with E-state index >= 15 is 0 Å². The molecule has 0 radical (unpaired) electrons. The van der Waals surface area contributed by atoms with Gasteiger partial charge in [-0.3, -0.25) is 0 Å². The minimum atomic E-state index is 1.34. The van der Waals surface area contributed by atoms with Crippen LogP contribution in [-0.2, 0) is 0 Å². The van der Waals surface area contributed by atoms with E-state index in [-0.39, 0.29) is 0 Å². The molecule has 0 unspecified atom stereocenters. The maximum Gasteiger partial charge on any atom is 0.0538 e. The summed E-state index contributed by atoms with van der Waals surface area (Å²) in [5.74, 6) is 0. The molecule has 0 saturated heterocycles. The van der Waals surface area contributed by atoms with E-state index in [9.17, 15) is 0 Å². The van der Waals surface area contributed by atoms with E-state index in [1.54, 1.807) is 0 Å². The third-order valence-corrected chi connectivity index (χ3v) is 5.71. The molecule has 0 atom stereocenters. The molecular formula is C17H16S2. The van der Waals surface area contributed by atoms with Crippen LogP contribution in [0.4, 0.5) is 0 Å². The largest absolute Gasteiger partial charge is 0.138 e. The van der Waals surface area contributed by atoms with Crippen molar-refractivity contribution in [2.75, 3.05) is 0 Å². The van der Waals surface area contributed by atoms with E-state index in [1.807, 2.05) is 29.6 Å². The molecule has 3 rings (SSSR count). The minimum Gasteiger partial charge on any atom is -0.138 e. The Morgan fingerprint density at radius 3 is 2.63 bits per heavy atom. The maximum atomic E-state index is 2.29. The first-order valence-electron chi connectivity index (χ1n) is 6.42. The molecule has 0 bridgehead atoms. The Bertz CT molecular complexity index is 797. The SMILES string of the molecule is C/C=C\C=C/c1c(C)sc2c1sc1cc(C)ccc12. The molecule has 0 nitrogen and oxygen atoms in total. The molecule has 1 aromatic carbocycles. The van der Waals surface area contributed by atoms with E-state index in [2.05, 4.69) is 56.4 Å². The Hall–Kier alpha value is -1.38. The number of allylic oxidation sites excluding steroid dienone is 3. The lowest BCUT2D eigenvalue weighted by molar-refractivity contribution is 1.52. The maximum absolute atomic E-state index is 2.29. The zero-order valence-electron chi connectivity index (χ0n) is 11.4. The summed E-state index contributed by atoms with van der Waals surface area (Å²) >= 11 is 3.83. The third-order valence-electron chi connectivity index (χ3n) is 3.25. The van der Waals surface area contributed by atoms with Crippen molar-refractivity contribution in [3.8, 4) is 0 Å². The van der Waals surface area contributed by atoms with Crippen LogP contribution in [0.25, 0.3) is 25.6 Å². The van der Waals surface area contributed by atoms with Crippen molar-refractivity contribution in [3.63, 3.8) is 0 Å². The number of hydrogen-bond acceptors (Lipinski definition) is 2. The normalized spacial score (nSPS) is 12.6. The van der Waals surface area contributed by atoms with Crippen molar-refractivity contribution in [3.05, 3.63) is 52.4 Å². The summed E-state index contributed by atoms with van der Waals surface area (Å²) < 4.78 is 4.28. The topological polar surface area (TPSA) is 0 Å². The summed E-state index contributed by atoms with van der Waals surface area (Å²) in [7, 11) is 0. The Morgan fingerprint density at radius 2 is 1.84 bits per heavy atom. The predicted octanol–water partition coefficient (Wildman–Crippen LogP) is 6.32. The van der Waals surface area contributed by atoms with Gasteiger partial charge in [-0.2, -0.15) is 0 Å². The van der Waals surface area contributed by atoms with Crippen molar-refractivity contribution in [2.45, 2.75) is 20.8 Å². The second-order valence-electron chi connectivity index (χ2n) is 4.72. The van der Waals surface area contributed by atoms with E-state index in [0.717, 1.165) is 0 Å². The molecule has 19 heavy (non-hydrogen) atoms. The van der Waals surface area contributed by atoms with E-state index < -0.39 is 0 Å². The summed E-state index contributed by atoms with van der Waals surface area (Å²) in [6.07, 6.45) is 8.50. The molecule has 0 aliphatic carbocycles. The number of benzene rings is 1. The van der Waals surface area contributed by atoms with Gasteiger partial charge in [-0.15, -0.1) is 22.7 Å². The molecule has 0 aliphatic rings. The summed E-state index contributed by atoms with van der Waals surface area (Å²) in [6, 6.07) is 6.76. The van der Waals surface area contributed by atoms with Gasteiger partial charge in [0, 0.05) is 20.5 Å². The van der Waals surface area contributed by atoms with Gasteiger partial charge in [0.15, 0.2) is 0 Å². The second kappa shape index (κ2) is 4.95. The molecule has 2 aromatic heterocycles. The molecule has 0 spiro atoms. The fourth-order valence-electron chi connectivity index (χ4n) is 2.28. The molecule has 0 saturated carbocycles. The fourth-order valence-corrected chi connectivity index (χ4v) is 5.02. The van der Waals surface area contributed by atoms with Gasteiger partial charge >= 0.3 is 0 Å². The van der Waals surface area contributed by atoms with E-state index in [0.29, 0.717) is 0 Å². The van der Waals surface area contributed by atoms with Crippen LogP contribution in [0.15, 0.2) is 36.4 Å². The predicted molar refractivity (Wildman–Crippen MR) is 90.5 cm³/mol. The summed E-state index contributed by atoms with van der Waals surface area (Å²) in [5.41, 5.74) is 2.72. The monoisotopic (exact) mass is 284 g/mol. The zero-order valence-corrected chi connectivity index (χ0v) is 13.0. The van der Waals surface area contributed by atoms with Gasteiger partial charge < -0.3 is 0 Å². The van der Waals surface area contributed by atoms with Gasteiger partial charge in [0.05, 0.1) is 9.40 Å². The molecule has 2 heterocycles. The minimum absolute atomic E-state index is 1.34. The van der Waals surface area contributed by atoms with Crippen LogP contribution < -0.4 is 0 Å². The summed E-state index contributed by atoms with van der Waals surface area (Å²) in [4.78, 5) is 1.41. The van der Waals surface area contributed by atoms with E-state index in [4.69, 9.17) is 0 Å². The van der Waals surface area contributed by atoms with Crippen LogP contribution in [0, 0.1) is 13.8 Å². The van der Waals surface area contributed by atoms with Crippen LogP contribution in [0.2, 0.25) is 0 Å². The van der Waals surface area contributed by atoms with Crippen LogP contribution in [0.1, 0.15) is 22.9 Å². The Kier molecular flexibility index (Phi) is 3.29. The number of fused-ring (bicyclic) bond motifs is 3. The first-order chi connectivity index (χ1) is 9.20. The van der Waals surface area contributed by atoms with Crippen molar-refractivity contribution >= 4 is 48.2 Å². The highest BCUT2D eigenvalue weighted by Gasteiger charge is 2.12. The number of hydrogen-bond donors (Lipinski definition) is 0. The standard InChI is InChI=1S/C17H16S2/c1-4-5-6-7-13-12(3)18-17-14-9-8-11(2)10-15(14)19-16(13)17/h4-10H,1-3H3/b5-4-,7-6-. The van der Waals surface area contributed by atoms with Crippen molar-refractivity contribution in [1.82, 2.24) is 0 Å². The highest BCUT2D eigenvalue weighted by molar-refractivity contribution is 7.33. The van der Waals surface area contributed by atoms with Gasteiger partial charge in [0.1, 0.15) is 0 Å². The van der Waals surface area contributed by atoms with Gasteiger partial charge in [-0.1, -0.05) is 36.4 Å². The number of rotatable bonds is 2. The van der Waals surface area contributed by atoms with Crippen molar-refractivity contribution in [2.24, 2.45) is 0 Å². The van der Waals surface area contributed by atoms with Crippen LogP contribution in [0.3, 0.4) is 0 Å². The Morgan fingerprint density at radius 1 is 1.00 bits per heavy atom. The van der Waals surface area contributed by atoms with Gasteiger partial charge in [0.25, 0.3) is 0 Å². The van der Waals surface area contributed by atoms with Crippen LogP contribution >= 0.6 is 22.7 Å². The molecule has 2 heteroatoms. The first kappa shape index (κ1) is 12.6. The number of thiophene rings is 2. The molecule has 0 amide bonds. The molecule has 3 aromatic rings. The Balaban J connectivity index is 2.27. The molecule has 96 valence electrons. The van der Waals surface area contributed by atoms with Crippen molar-refractivity contribution in [1.29, 1.82) is 0 Å². The van der Waals surface area contributed by atoms with Crippen LogP contribution in [0.5, 0.6) is 0 Å². The van der Waals surface area contributed by atoms with E-state index in [1.165, 1.54) is 35.5 Å². The lowest BCUT2D eigenvalue weighted by Gasteiger charge is -1.92. The van der Waals surface area contributed by atoms with Crippen molar-refractivity contribution < 1.29 is 0 Å². The summed E-state index contributed by atoms with van der Waals surface area (Å²) in [5, 5.41) is 1.41. The average Bonchev–Trinajstić information content (AvgIpc) is 2.86. The van der Waals surface area contributed by atoms with Crippen LogP contribution in [-0.4, -0.2) is 0 Å².